The molecule has 18 aromatic carbocycles. The summed E-state index contributed by atoms with van der Waals surface area (Å²) >= 11 is 0. The number of hydrogen-bond donors (Lipinski definition) is 0. The molecule has 15 nitrogen and oxygen atoms in total. The van der Waals surface area contributed by atoms with Crippen molar-refractivity contribution in [3.63, 3.8) is 0 Å². The van der Waals surface area contributed by atoms with E-state index < -0.39 is 0 Å². The minimum Gasteiger partial charge on any atom is -0.294 e. The minimum absolute atomic E-state index is 0.620. The number of nitriles is 5. The molecule has 0 aliphatic rings. The van der Waals surface area contributed by atoms with Crippen molar-refractivity contribution in [3.8, 4) is 132 Å². The largest absolute Gasteiger partial charge is 0.294 e. The van der Waals surface area contributed by atoms with Crippen LogP contribution in [0, 0.1) is 63.2 Å². The first-order chi connectivity index (χ1) is 71.1. The highest BCUT2D eigenvalue weighted by atomic mass is 15.2. The van der Waals surface area contributed by atoms with Crippen LogP contribution in [0.1, 0.15) is 27.8 Å². The van der Waals surface area contributed by atoms with Crippen LogP contribution in [0.4, 0.5) is 5.69 Å². The summed E-state index contributed by atoms with van der Waals surface area (Å²) in [6.07, 6.45) is 0. The normalized spacial score (nSPS) is 11.3. The maximum atomic E-state index is 9.72. The average Bonchev–Trinajstić information content (AvgIpc) is 1.59. The van der Waals surface area contributed by atoms with E-state index in [0.717, 1.165) is 200 Å². The maximum Gasteiger partial charge on any atom is 0.194 e. The molecule has 27 aromatic rings. The Labute approximate surface area is 825 Å². The van der Waals surface area contributed by atoms with Crippen molar-refractivity contribution in [2.75, 3.05) is 0 Å². The molecule has 666 valence electrons. The van der Waals surface area contributed by atoms with E-state index in [1.807, 2.05) is 164 Å². The molecule has 0 bridgehead atoms. The highest BCUT2D eigenvalue weighted by Crippen LogP contribution is 2.45. The zero-order valence-corrected chi connectivity index (χ0v) is 77.0. The minimum atomic E-state index is 0.620. The molecule has 0 amide bonds. The molecule has 0 aliphatic carbocycles. The Morgan fingerprint density at radius 1 is 0.167 bits per heavy atom. The van der Waals surface area contributed by atoms with Gasteiger partial charge in [-0.05, 0) is 255 Å². The Morgan fingerprint density at radius 2 is 0.382 bits per heavy atom. The molecule has 0 saturated carbocycles. The van der Waals surface area contributed by atoms with Crippen molar-refractivity contribution < 1.29 is 0 Å². The van der Waals surface area contributed by atoms with E-state index >= 15 is 0 Å². The molecule has 0 N–H and O–H groups in total. The molecule has 0 aliphatic heterocycles. The van der Waals surface area contributed by atoms with E-state index in [1.165, 1.54) is 32.3 Å². The summed E-state index contributed by atoms with van der Waals surface area (Å²) in [6, 6.07) is 166. The van der Waals surface area contributed by atoms with E-state index in [-0.39, 0.29) is 0 Å². The Morgan fingerprint density at radius 3 is 0.674 bits per heavy atom. The van der Waals surface area contributed by atoms with Gasteiger partial charge in [-0.25, -0.2) is 19.8 Å². The second kappa shape index (κ2) is 35.4. The maximum absolute atomic E-state index is 9.72. The van der Waals surface area contributed by atoms with Gasteiger partial charge in [0.05, 0.1) is 131 Å². The highest BCUT2D eigenvalue weighted by molar-refractivity contribution is 6.15. The summed E-state index contributed by atoms with van der Waals surface area (Å²) < 4.78 is 13.4. The van der Waals surface area contributed by atoms with Gasteiger partial charge in [-0.15, -0.1) is 0 Å². The molecule has 0 unspecified atom stereocenters. The molecule has 27 rings (SSSR count). The Kier molecular flexibility index (Phi) is 20.8. The molecular weight excluding hydrogens is 1760 g/mol. The van der Waals surface area contributed by atoms with Crippen molar-refractivity contribution in [3.05, 3.63) is 494 Å². The van der Waals surface area contributed by atoms with Crippen LogP contribution >= 0.6 is 0 Å². The van der Waals surface area contributed by atoms with Crippen LogP contribution in [0.25, 0.3) is 237 Å². The number of benzene rings is 18. The van der Waals surface area contributed by atoms with Crippen LogP contribution in [-0.2, 0) is 0 Å². The fourth-order valence-electron chi connectivity index (χ4n) is 21.0. The number of nitrogens with zero attached hydrogens (tertiary/aromatic N) is 15. The Bertz CT molecular complexity index is 10100. The fourth-order valence-corrected chi connectivity index (χ4v) is 21.0. The van der Waals surface area contributed by atoms with Gasteiger partial charge in [0.15, 0.2) is 5.69 Å². The first-order valence-corrected chi connectivity index (χ1v) is 47.2. The lowest BCUT2D eigenvalue weighted by atomic mass is 9.98. The summed E-state index contributed by atoms with van der Waals surface area (Å²) in [5.74, 6) is 4.74. The van der Waals surface area contributed by atoms with Crippen molar-refractivity contribution in [1.29, 1.82) is 26.3 Å². The fraction of sp³-hybridized carbons (Fsp3) is 0. The van der Waals surface area contributed by atoms with Crippen LogP contribution in [0.3, 0.4) is 0 Å². The van der Waals surface area contributed by atoms with Crippen molar-refractivity contribution in [2.24, 2.45) is 0 Å². The van der Waals surface area contributed by atoms with E-state index in [0.29, 0.717) is 33.5 Å². The number of hydrogen-bond acceptors (Lipinski definition) is 8. The second-order valence-corrected chi connectivity index (χ2v) is 35.7. The predicted octanol–water partition coefficient (Wildman–Crippen LogP) is 31.7. The van der Waals surface area contributed by atoms with E-state index in [1.54, 1.807) is 0 Å². The third kappa shape index (κ3) is 14.6. The standard InChI is InChI=1S/3C43H25N5/c1-45-37-17-6-2-13-32(37)30-12-10-11-29(24-30)31-25-42(47-38-18-7-3-14-33(38)34-15-4-8-19-39(34)47)46-43(26-31)48-40-20-9-5-16-35(40)36-23-28(27-44)21-22-41(36)48;44-26-28-9-7-10-30(21-28)31-11-8-12-32(23-31)33-24-42(47-38-16-4-1-13-34(38)35-14-2-5-17-39(35)47)46-43(25-33)48-40-18-6-3-15-36(40)37-22-29(27-45)19-20-41(37)48;44-26-28-16-19-30(20-17-28)31-8-7-9-32(23-31)33-24-42(47-38-13-4-1-10-34(38)35-11-2-5-14-39(35)47)46-43(25-33)48-40-15-6-3-12-36(40)37-22-29(27-45)18-21-41(37)48/h2-26H;2*1-25H. The van der Waals surface area contributed by atoms with Gasteiger partial charge >= 0.3 is 0 Å². The van der Waals surface area contributed by atoms with Gasteiger partial charge in [-0.3, -0.25) is 27.4 Å². The van der Waals surface area contributed by atoms with Gasteiger partial charge in [0.25, 0.3) is 0 Å². The molecule has 0 saturated heterocycles. The van der Waals surface area contributed by atoms with E-state index in [9.17, 15) is 26.3 Å². The van der Waals surface area contributed by atoms with Crippen molar-refractivity contribution >= 4 is 137 Å². The van der Waals surface area contributed by atoms with E-state index in [2.05, 4.69) is 354 Å². The van der Waals surface area contributed by atoms with Gasteiger partial charge in [0.2, 0.25) is 0 Å². The molecule has 15 heteroatoms. The Hall–Kier alpha value is -20.8. The van der Waals surface area contributed by atoms with Gasteiger partial charge in [0.1, 0.15) is 34.9 Å². The number of pyridine rings is 3. The smallest absolute Gasteiger partial charge is 0.194 e. The second-order valence-electron chi connectivity index (χ2n) is 35.7. The molecule has 0 fully saturated rings. The lowest BCUT2D eigenvalue weighted by Gasteiger charge is -2.15. The summed E-state index contributed by atoms with van der Waals surface area (Å²) in [7, 11) is 0. The molecule has 9 heterocycles. The zero-order chi connectivity index (χ0) is 96.6. The van der Waals surface area contributed by atoms with Gasteiger partial charge in [-0.1, -0.05) is 267 Å². The molecule has 9 aromatic heterocycles. The van der Waals surface area contributed by atoms with Crippen molar-refractivity contribution in [1.82, 2.24) is 42.4 Å². The Balaban J connectivity index is 0.000000113. The predicted molar refractivity (Wildman–Crippen MR) is 581 cm³/mol. The van der Waals surface area contributed by atoms with Gasteiger partial charge < -0.3 is 0 Å². The van der Waals surface area contributed by atoms with Crippen molar-refractivity contribution in [2.45, 2.75) is 0 Å². The zero-order valence-electron chi connectivity index (χ0n) is 77.0. The summed E-state index contributed by atoms with van der Waals surface area (Å²) in [4.78, 5) is 20.0. The first kappa shape index (κ1) is 84.9. The van der Waals surface area contributed by atoms with Crippen LogP contribution in [0.2, 0.25) is 0 Å². The molecule has 0 spiro atoms. The highest BCUT2D eigenvalue weighted by Gasteiger charge is 2.26. The third-order valence-electron chi connectivity index (χ3n) is 27.5. The number of para-hydroxylation sites is 10. The topological polar surface area (TPSA) is 192 Å². The SMILES string of the molecule is N#Cc1ccc(-c2cccc(-c3cc(-n4c5ccccc5c5ccccc54)nc(-n4c5ccccc5c5cc(C#N)ccc54)c3)c2)cc1.N#Cc1cccc(-c2cccc(-c3cc(-n4c5ccccc5c5ccccc54)nc(-n4c5ccccc5c5cc(C#N)ccc54)c3)c2)c1.[C-]#[N+]c1ccccc1-c1cccc(-c2cc(-n3c4ccccc4c4ccccc43)nc(-n3c4ccccc4c4cc(C#N)ccc43)c2)c1. The van der Waals surface area contributed by atoms with Crippen LogP contribution in [0.15, 0.2) is 455 Å². The van der Waals surface area contributed by atoms with Crippen LogP contribution < -0.4 is 0 Å². The van der Waals surface area contributed by atoms with Gasteiger partial charge in [0, 0.05) is 64.6 Å². The number of fused-ring (bicyclic) bond motifs is 18. The molecule has 144 heavy (non-hydrogen) atoms. The average molecular weight is 1840 g/mol. The quantitative estimate of drug-likeness (QED) is 0.108. The summed E-state index contributed by atoms with van der Waals surface area (Å²) in [5, 5.41) is 61.2. The molecular formula is C129H75N15. The lowest BCUT2D eigenvalue weighted by molar-refractivity contribution is 1.01. The first-order valence-electron chi connectivity index (χ1n) is 47.2. The number of aromatic nitrogens is 9. The van der Waals surface area contributed by atoms with E-state index in [4.69, 9.17) is 21.5 Å². The molecule has 0 atom stereocenters. The number of rotatable bonds is 12. The van der Waals surface area contributed by atoms with Crippen LogP contribution in [0.5, 0.6) is 0 Å². The van der Waals surface area contributed by atoms with Gasteiger partial charge in [-0.2, -0.15) is 26.3 Å². The third-order valence-corrected chi connectivity index (χ3v) is 27.5. The summed E-state index contributed by atoms with van der Waals surface area (Å²) in [6.45, 7) is 7.75. The molecule has 0 radical (unpaired) electrons. The monoisotopic (exact) mass is 1830 g/mol. The summed E-state index contributed by atoms with van der Waals surface area (Å²) in [5.41, 5.74) is 28.4. The lowest BCUT2D eigenvalue weighted by Crippen LogP contribution is -2.04. The van der Waals surface area contributed by atoms with Crippen LogP contribution in [-0.4, -0.2) is 42.4 Å².